The van der Waals surface area contributed by atoms with E-state index in [9.17, 15) is 4.79 Å². The number of carboxylic acids is 1. The van der Waals surface area contributed by atoms with Gasteiger partial charge in [0.1, 0.15) is 5.52 Å². The Kier molecular flexibility index (Phi) is 4.09. The molecule has 0 aliphatic rings. The minimum absolute atomic E-state index is 0.552. The number of aliphatic carboxylic acids is 1. The Labute approximate surface area is 104 Å². The van der Waals surface area contributed by atoms with Crippen molar-refractivity contribution in [3.05, 3.63) is 42.3 Å². The molecule has 0 saturated heterocycles. The minimum Gasteiger partial charge on any atom is -0.478 e. The van der Waals surface area contributed by atoms with Crippen molar-refractivity contribution in [3.8, 4) is 0 Å². The average Bonchev–Trinajstić information content (AvgIpc) is 2.80. The number of nitrogens with zero attached hydrogens (tertiary/aromatic N) is 1. The van der Waals surface area contributed by atoms with Gasteiger partial charge in [-0.1, -0.05) is 12.1 Å². The molecule has 5 nitrogen and oxygen atoms in total. The fourth-order valence-electron chi connectivity index (χ4n) is 1.63. The Morgan fingerprint density at radius 3 is 3.22 bits per heavy atom. The highest BCUT2D eigenvalue weighted by Crippen LogP contribution is 2.14. The zero-order valence-electron chi connectivity index (χ0n) is 9.80. The van der Waals surface area contributed by atoms with Crippen LogP contribution in [0.5, 0.6) is 0 Å². The van der Waals surface area contributed by atoms with Crippen molar-refractivity contribution in [2.75, 3.05) is 13.1 Å². The van der Waals surface area contributed by atoms with Crippen LogP contribution in [0.15, 0.2) is 41.2 Å². The second-order valence-corrected chi connectivity index (χ2v) is 3.85. The molecule has 0 unspecified atom stereocenters. The van der Waals surface area contributed by atoms with Crippen LogP contribution < -0.4 is 5.32 Å². The second kappa shape index (κ2) is 5.97. The van der Waals surface area contributed by atoms with Gasteiger partial charge in [-0.2, -0.15) is 0 Å². The lowest BCUT2D eigenvalue weighted by molar-refractivity contribution is -0.131. The number of nitrogens with one attached hydrogen (secondary N) is 1. The molecule has 94 valence electrons. The number of oxazole rings is 1. The van der Waals surface area contributed by atoms with E-state index in [0.717, 1.165) is 35.7 Å². The number of fused-ring (bicyclic) bond motifs is 1. The van der Waals surface area contributed by atoms with Crippen LogP contribution in [-0.4, -0.2) is 29.1 Å². The summed E-state index contributed by atoms with van der Waals surface area (Å²) in [7, 11) is 0. The quantitative estimate of drug-likeness (QED) is 0.598. The highest BCUT2D eigenvalue weighted by atomic mass is 16.4. The van der Waals surface area contributed by atoms with Gasteiger partial charge < -0.3 is 14.8 Å². The zero-order valence-corrected chi connectivity index (χ0v) is 9.80. The molecular weight excluding hydrogens is 232 g/mol. The van der Waals surface area contributed by atoms with Crippen molar-refractivity contribution >= 4 is 17.1 Å². The summed E-state index contributed by atoms with van der Waals surface area (Å²) < 4.78 is 5.22. The molecule has 2 aromatic rings. The Hall–Kier alpha value is -2.14. The molecule has 1 aromatic heterocycles. The Bertz CT molecular complexity index is 560. The standard InChI is InChI=1S/C13H14N2O3/c16-13(17)2-1-6-14-7-5-10-3-4-11-12(8-10)18-9-15-11/h1-4,8-9,14H,5-7H2,(H,16,17)/b2-1+. The molecule has 0 fully saturated rings. The third kappa shape index (κ3) is 3.43. The first-order chi connectivity index (χ1) is 8.75. The van der Waals surface area contributed by atoms with E-state index in [1.54, 1.807) is 6.08 Å². The number of hydrogen-bond acceptors (Lipinski definition) is 4. The van der Waals surface area contributed by atoms with Crippen LogP contribution in [-0.2, 0) is 11.2 Å². The van der Waals surface area contributed by atoms with E-state index in [1.165, 1.54) is 6.39 Å². The van der Waals surface area contributed by atoms with Crippen LogP contribution in [0.2, 0.25) is 0 Å². The predicted molar refractivity (Wildman–Crippen MR) is 67.4 cm³/mol. The largest absolute Gasteiger partial charge is 0.478 e. The first-order valence-electron chi connectivity index (χ1n) is 5.68. The van der Waals surface area contributed by atoms with Gasteiger partial charge in [0.25, 0.3) is 0 Å². The van der Waals surface area contributed by atoms with Crippen LogP contribution in [0.3, 0.4) is 0 Å². The highest BCUT2D eigenvalue weighted by Gasteiger charge is 1.99. The molecule has 0 bridgehead atoms. The van der Waals surface area contributed by atoms with Gasteiger partial charge in [-0.3, -0.25) is 0 Å². The topological polar surface area (TPSA) is 75.4 Å². The normalized spacial score (nSPS) is 11.3. The van der Waals surface area contributed by atoms with Gasteiger partial charge in [-0.15, -0.1) is 0 Å². The lowest BCUT2D eigenvalue weighted by atomic mass is 10.1. The average molecular weight is 246 g/mol. The number of carboxylic acid groups (broad SMARTS) is 1. The van der Waals surface area contributed by atoms with Crippen LogP contribution in [0.4, 0.5) is 0 Å². The highest BCUT2D eigenvalue weighted by molar-refractivity contribution is 5.79. The van der Waals surface area contributed by atoms with Crippen molar-refractivity contribution in [2.24, 2.45) is 0 Å². The van der Waals surface area contributed by atoms with E-state index >= 15 is 0 Å². The number of carbonyl (C=O) groups is 1. The molecule has 2 N–H and O–H groups in total. The van der Waals surface area contributed by atoms with E-state index in [0.29, 0.717) is 6.54 Å². The van der Waals surface area contributed by atoms with Crippen LogP contribution in [0, 0.1) is 0 Å². The third-order valence-corrected chi connectivity index (χ3v) is 2.51. The summed E-state index contributed by atoms with van der Waals surface area (Å²) in [4.78, 5) is 14.3. The molecule has 0 amide bonds. The molecule has 1 aromatic carbocycles. The zero-order chi connectivity index (χ0) is 12.8. The van der Waals surface area contributed by atoms with E-state index < -0.39 is 5.97 Å². The molecule has 0 atom stereocenters. The lowest BCUT2D eigenvalue weighted by Gasteiger charge is -2.01. The molecule has 18 heavy (non-hydrogen) atoms. The van der Waals surface area contributed by atoms with Crippen LogP contribution in [0.25, 0.3) is 11.1 Å². The fraction of sp³-hybridized carbons (Fsp3) is 0.231. The summed E-state index contributed by atoms with van der Waals surface area (Å²) in [5, 5.41) is 11.5. The monoisotopic (exact) mass is 246 g/mol. The summed E-state index contributed by atoms with van der Waals surface area (Å²) in [6, 6.07) is 5.91. The predicted octanol–water partition coefficient (Wildman–Crippen LogP) is 1.60. The summed E-state index contributed by atoms with van der Waals surface area (Å²) >= 11 is 0. The number of benzene rings is 1. The van der Waals surface area contributed by atoms with Crippen molar-refractivity contribution in [3.63, 3.8) is 0 Å². The van der Waals surface area contributed by atoms with E-state index in [2.05, 4.69) is 10.3 Å². The second-order valence-electron chi connectivity index (χ2n) is 3.85. The number of rotatable bonds is 6. The van der Waals surface area contributed by atoms with E-state index in [-0.39, 0.29) is 0 Å². The lowest BCUT2D eigenvalue weighted by Crippen LogP contribution is -2.17. The van der Waals surface area contributed by atoms with E-state index in [1.807, 2.05) is 18.2 Å². The molecule has 0 spiro atoms. The smallest absolute Gasteiger partial charge is 0.328 e. The van der Waals surface area contributed by atoms with Crippen molar-refractivity contribution in [1.82, 2.24) is 10.3 Å². The maximum Gasteiger partial charge on any atom is 0.328 e. The third-order valence-electron chi connectivity index (χ3n) is 2.51. The molecule has 0 aliphatic carbocycles. The first-order valence-corrected chi connectivity index (χ1v) is 5.68. The molecular formula is C13H14N2O3. The van der Waals surface area contributed by atoms with Crippen molar-refractivity contribution in [1.29, 1.82) is 0 Å². The first kappa shape index (κ1) is 12.3. The number of aromatic nitrogens is 1. The SMILES string of the molecule is O=C(O)/C=C/CNCCc1ccc2ncoc2c1. The Morgan fingerprint density at radius 1 is 1.50 bits per heavy atom. The van der Waals surface area contributed by atoms with Gasteiger partial charge in [0.2, 0.25) is 0 Å². The summed E-state index contributed by atoms with van der Waals surface area (Å²) in [5.74, 6) is -0.924. The van der Waals surface area contributed by atoms with Crippen molar-refractivity contribution in [2.45, 2.75) is 6.42 Å². The minimum atomic E-state index is -0.924. The molecule has 2 rings (SSSR count). The molecule has 0 aliphatic heterocycles. The van der Waals surface area contributed by atoms with Crippen LogP contribution in [0.1, 0.15) is 5.56 Å². The molecule has 0 saturated carbocycles. The molecule has 5 heteroatoms. The fourth-order valence-corrected chi connectivity index (χ4v) is 1.63. The van der Waals surface area contributed by atoms with Gasteiger partial charge in [0.05, 0.1) is 0 Å². The maximum absolute atomic E-state index is 10.2. The Morgan fingerprint density at radius 2 is 2.39 bits per heavy atom. The van der Waals surface area contributed by atoms with Gasteiger partial charge in [0.15, 0.2) is 12.0 Å². The van der Waals surface area contributed by atoms with E-state index in [4.69, 9.17) is 9.52 Å². The van der Waals surface area contributed by atoms with Gasteiger partial charge in [-0.25, -0.2) is 9.78 Å². The summed E-state index contributed by atoms with van der Waals surface area (Å²) in [5.41, 5.74) is 2.81. The maximum atomic E-state index is 10.2. The van der Waals surface area contributed by atoms with Gasteiger partial charge in [0, 0.05) is 12.6 Å². The number of hydrogen-bond donors (Lipinski definition) is 2. The molecule has 0 radical (unpaired) electrons. The van der Waals surface area contributed by atoms with Crippen molar-refractivity contribution < 1.29 is 14.3 Å². The Balaban J connectivity index is 1.78. The van der Waals surface area contributed by atoms with Gasteiger partial charge >= 0.3 is 5.97 Å². The summed E-state index contributed by atoms with van der Waals surface area (Å²) in [6.45, 7) is 1.33. The molecule has 1 heterocycles. The van der Waals surface area contributed by atoms with Crippen LogP contribution >= 0.6 is 0 Å². The summed E-state index contributed by atoms with van der Waals surface area (Å²) in [6.07, 6.45) is 5.01. The van der Waals surface area contributed by atoms with Gasteiger partial charge in [-0.05, 0) is 30.7 Å².